The third kappa shape index (κ3) is 2.78. The molecule has 0 aliphatic carbocycles. The van der Waals surface area contributed by atoms with Gasteiger partial charge in [0.1, 0.15) is 5.76 Å². The van der Waals surface area contributed by atoms with Crippen molar-refractivity contribution < 1.29 is 14.1 Å². The monoisotopic (exact) mass is 301 g/mol. The number of anilines is 1. The fourth-order valence-electron chi connectivity index (χ4n) is 2.65. The van der Waals surface area contributed by atoms with Gasteiger partial charge in [0, 0.05) is 24.4 Å². The topological polar surface area (TPSA) is 88.6 Å². The zero-order valence-electron chi connectivity index (χ0n) is 11.8. The van der Waals surface area contributed by atoms with Crippen molar-refractivity contribution in [2.45, 2.75) is 18.9 Å². The lowest BCUT2D eigenvalue weighted by Gasteiger charge is -2.23. The number of likely N-dealkylation sites (tertiary alicyclic amines) is 1. The maximum atomic E-state index is 12.4. The lowest BCUT2D eigenvalue weighted by molar-refractivity contribution is -0.384. The Hall–Kier alpha value is -2.83. The number of hydrogen-bond acceptors (Lipinski definition) is 4. The number of non-ortho nitro benzene ring substituents is 1. The quantitative estimate of drug-likeness (QED) is 0.693. The number of nitrogens with one attached hydrogen (secondary N) is 1. The molecule has 1 fully saturated rings. The lowest BCUT2D eigenvalue weighted by Crippen LogP contribution is -2.34. The van der Waals surface area contributed by atoms with Gasteiger partial charge in [-0.2, -0.15) is 0 Å². The standard InChI is InChI=1S/C15H15N3O4/c19-15(16-11-5-7-12(8-6-11)18(20)21)17-9-1-3-13(17)14-4-2-10-22-14/h2,4-8,10,13H,1,3,9H2,(H,16,19). The zero-order valence-corrected chi connectivity index (χ0v) is 11.8. The van der Waals surface area contributed by atoms with Crippen LogP contribution in [0.15, 0.2) is 47.1 Å². The summed E-state index contributed by atoms with van der Waals surface area (Å²) in [4.78, 5) is 24.2. The number of carbonyl (C=O) groups is 1. The molecule has 2 aromatic rings. The number of nitro groups is 1. The predicted molar refractivity (Wildman–Crippen MR) is 79.5 cm³/mol. The molecule has 7 nitrogen and oxygen atoms in total. The number of benzene rings is 1. The van der Waals surface area contributed by atoms with Crippen LogP contribution in [0.4, 0.5) is 16.2 Å². The van der Waals surface area contributed by atoms with Gasteiger partial charge < -0.3 is 14.6 Å². The first kappa shape index (κ1) is 14.1. The van der Waals surface area contributed by atoms with E-state index in [0.29, 0.717) is 12.2 Å². The molecule has 22 heavy (non-hydrogen) atoms. The van der Waals surface area contributed by atoms with Crippen LogP contribution >= 0.6 is 0 Å². The van der Waals surface area contributed by atoms with Gasteiger partial charge in [-0.25, -0.2) is 4.79 Å². The summed E-state index contributed by atoms with van der Waals surface area (Å²) in [6.07, 6.45) is 3.38. The largest absolute Gasteiger partial charge is 0.467 e. The van der Waals surface area contributed by atoms with Crippen molar-refractivity contribution >= 4 is 17.4 Å². The van der Waals surface area contributed by atoms with Crippen LogP contribution in [-0.2, 0) is 0 Å². The number of carbonyl (C=O) groups excluding carboxylic acids is 1. The number of urea groups is 1. The number of hydrogen-bond donors (Lipinski definition) is 1. The maximum absolute atomic E-state index is 12.4. The van der Waals surface area contributed by atoms with Gasteiger partial charge in [0.05, 0.1) is 17.2 Å². The Morgan fingerprint density at radius 3 is 2.73 bits per heavy atom. The van der Waals surface area contributed by atoms with E-state index in [1.165, 1.54) is 24.3 Å². The summed E-state index contributed by atoms with van der Waals surface area (Å²) in [5, 5.41) is 13.4. The Morgan fingerprint density at radius 2 is 2.09 bits per heavy atom. The second-order valence-corrected chi connectivity index (χ2v) is 5.10. The molecule has 0 saturated carbocycles. The van der Waals surface area contributed by atoms with Crippen molar-refractivity contribution in [3.05, 3.63) is 58.5 Å². The number of rotatable bonds is 3. The molecular weight excluding hydrogens is 286 g/mol. The van der Waals surface area contributed by atoms with Crippen LogP contribution in [0.25, 0.3) is 0 Å². The van der Waals surface area contributed by atoms with Crippen molar-refractivity contribution in [1.29, 1.82) is 0 Å². The smallest absolute Gasteiger partial charge is 0.322 e. The van der Waals surface area contributed by atoms with Gasteiger partial charge in [-0.1, -0.05) is 0 Å². The summed E-state index contributed by atoms with van der Waals surface area (Å²) in [5.74, 6) is 0.774. The van der Waals surface area contributed by atoms with Gasteiger partial charge in [0.2, 0.25) is 0 Å². The van der Waals surface area contributed by atoms with Crippen molar-refractivity contribution in [2.24, 2.45) is 0 Å². The normalized spacial score (nSPS) is 17.5. The summed E-state index contributed by atoms with van der Waals surface area (Å²) >= 11 is 0. The minimum absolute atomic E-state index is 0.00682. The van der Waals surface area contributed by atoms with E-state index in [4.69, 9.17) is 4.42 Å². The number of nitrogens with zero attached hydrogens (tertiary/aromatic N) is 2. The Labute approximate surface area is 126 Å². The van der Waals surface area contributed by atoms with Gasteiger partial charge >= 0.3 is 6.03 Å². The minimum Gasteiger partial charge on any atom is -0.467 e. The first-order valence-electron chi connectivity index (χ1n) is 7.00. The van der Waals surface area contributed by atoms with E-state index in [1.807, 2.05) is 6.07 Å². The van der Waals surface area contributed by atoms with Gasteiger partial charge in [-0.15, -0.1) is 0 Å². The highest BCUT2D eigenvalue weighted by molar-refractivity contribution is 5.89. The van der Waals surface area contributed by atoms with Crippen LogP contribution in [0.5, 0.6) is 0 Å². The van der Waals surface area contributed by atoms with Gasteiger partial charge in [0.15, 0.2) is 0 Å². The minimum atomic E-state index is -0.473. The molecule has 1 atom stereocenters. The highest BCUT2D eigenvalue weighted by Gasteiger charge is 2.31. The molecule has 1 aromatic heterocycles. The van der Waals surface area contributed by atoms with Gasteiger partial charge in [-0.05, 0) is 37.1 Å². The highest BCUT2D eigenvalue weighted by atomic mass is 16.6. The van der Waals surface area contributed by atoms with Crippen molar-refractivity contribution in [2.75, 3.05) is 11.9 Å². The van der Waals surface area contributed by atoms with Crippen LogP contribution in [0.2, 0.25) is 0 Å². The summed E-state index contributed by atoms with van der Waals surface area (Å²) in [7, 11) is 0. The third-order valence-corrected chi connectivity index (χ3v) is 3.71. The molecule has 3 rings (SSSR count). The molecule has 114 valence electrons. The van der Waals surface area contributed by atoms with E-state index in [2.05, 4.69) is 5.32 Å². The second-order valence-electron chi connectivity index (χ2n) is 5.10. The zero-order chi connectivity index (χ0) is 15.5. The Balaban J connectivity index is 1.69. The average Bonchev–Trinajstić information content (AvgIpc) is 3.18. The first-order chi connectivity index (χ1) is 10.6. The Bertz CT molecular complexity index is 667. The second kappa shape index (κ2) is 5.88. The van der Waals surface area contributed by atoms with Crippen LogP contribution < -0.4 is 5.32 Å². The van der Waals surface area contributed by atoms with E-state index in [1.54, 1.807) is 17.2 Å². The van der Waals surface area contributed by atoms with Crippen molar-refractivity contribution in [1.82, 2.24) is 4.90 Å². The predicted octanol–water partition coefficient (Wildman–Crippen LogP) is 3.56. The third-order valence-electron chi connectivity index (χ3n) is 3.71. The lowest BCUT2D eigenvalue weighted by atomic mass is 10.2. The number of furan rings is 1. The van der Waals surface area contributed by atoms with E-state index in [9.17, 15) is 14.9 Å². The number of nitro benzene ring substituents is 1. The van der Waals surface area contributed by atoms with Crippen LogP contribution in [0, 0.1) is 10.1 Å². The van der Waals surface area contributed by atoms with Crippen LogP contribution in [0.1, 0.15) is 24.6 Å². The van der Waals surface area contributed by atoms with E-state index in [-0.39, 0.29) is 17.8 Å². The molecule has 0 spiro atoms. The molecule has 1 aliphatic rings. The van der Waals surface area contributed by atoms with E-state index >= 15 is 0 Å². The summed E-state index contributed by atoms with van der Waals surface area (Å²) in [6, 6.07) is 9.15. The molecule has 1 aromatic carbocycles. The maximum Gasteiger partial charge on any atom is 0.322 e. The molecule has 7 heteroatoms. The van der Waals surface area contributed by atoms with Crippen molar-refractivity contribution in [3.63, 3.8) is 0 Å². The van der Waals surface area contributed by atoms with Crippen LogP contribution in [-0.4, -0.2) is 22.4 Å². The van der Waals surface area contributed by atoms with Gasteiger partial charge in [0.25, 0.3) is 5.69 Å². The van der Waals surface area contributed by atoms with Crippen molar-refractivity contribution in [3.8, 4) is 0 Å². The van der Waals surface area contributed by atoms with E-state index < -0.39 is 4.92 Å². The molecule has 1 N–H and O–H groups in total. The molecule has 1 aliphatic heterocycles. The molecule has 1 saturated heterocycles. The fraction of sp³-hybridized carbons (Fsp3) is 0.267. The number of amides is 2. The highest BCUT2D eigenvalue weighted by Crippen LogP contribution is 2.32. The molecule has 2 amide bonds. The summed E-state index contributed by atoms with van der Waals surface area (Å²) < 4.78 is 5.39. The molecule has 2 heterocycles. The first-order valence-corrected chi connectivity index (χ1v) is 7.00. The summed E-state index contributed by atoms with van der Waals surface area (Å²) in [6.45, 7) is 0.657. The fourth-order valence-corrected chi connectivity index (χ4v) is 2.65. The average molecular weight is 301 g/mol. The molecule has 0 radical (unpaired) electrons. The molecule has 1 unspecified atom stereocenters. The Kier molecular flexibility index (Phi) is 3.78. The Morgan fingerprint density at radius 1 is 1.32 bits per heavy atom. The summed E-state index contributed by atoms with van der Waals surface area (Å²) in [5.41, 5.74) is 0.522. The molecule has 0 bridgehead atoms. The van der Waals surface area contributed by atoms with E-state index in [0.717, 1.165) is 18.6 Å². The van der Waals surface area contributed by atoms with Crippen LogP contribution in [0.3, 0.4) is 0 Å². The van der Waals surface area contributed by atoms with Gasteiger partial charge in [-0.3, -0.25) is 10.1 Å². The molecular formula is C15H15N3O4. The SMILES string of the molecule is O=C(Nc1ccc([N+](=O)[O-])cc1)N1CCCC1c1ccco1.